The normalized spacial score (nSPS) is 13.9. The third-order valence-corrected chi connectivity index (χ3v) is 3.55. The number of nitro groups is 1. The summed E-state index contributed by atoms with van der Waals surface area (Å²) in [5, 5.41) is 20.0. The van der Waals surface area contributed by atoms with Crippen LogP contribution in [0, 0.1) is 33.3 Å². The monoisotopic (exact) mass is 333 g/mol. The zero-order chi connectivity index (χ0) is 18.4. The minimum atomic E-state index is -1.49. The Morgan fingerprint density at radius 2 is 1.83 bits per heavy atom. The van der Waals surface area contributed by atoms with Gasteiger partial charge in [0, 0.05) is 18.1 Å². The summed E-state index contributed by atoms with van der Waals surface area (Å²) in [7, 11) is 1.07. The molecule has 1 rings (SSSR count). The molecule has 2 N–H and O–H groups in total. The highest BCUT2D eigenvalue weighted by Crippen LogP contribution is 2.34. The van der Waals surface area contributed by atoms with Crippen molar-refractivity contribution in [3.05, 3.63) is 39.9 Å². The molecule has 0 bridgehead atoms. The molecule has 126 valence electrons. The van der Waals surface area contributed by atoms with Crippen molar-refractivity contribution in [3.63, 3.8) is 0 Å². The number of ether oxygens (including phenoxy) is 1. The topological polar surface area (TPSA) is 153 Å². The number of benzene rings is 1. The number of nitriles is 1. The highest BCUT2D eigenvalue weighted by atomic mass is 16.6. The predicted molar refractivity (Wildman–Crippen MR) is 80.3 cm³/mol. The zero-order valence-electron chi connectivity index (χ0n) is 13.0. The number of hydrogen-bond donors (Lipinski definition) is 1. The van der Waals surface area contributed by atoms with E-state index in [1.807, 2.05) is 0 Å². The van der Waals surface area contributed by atoms with Crippen LogP contribution in [0.5, 0.6) is 0 Å². The van der Waals surface area contributed by atoms with E-state index in [0.29, 0.717) is 0 Å². The summed E-state index contributed by atoms with van der Waals surface area (Å²) in [4.78, 5) is 45.6. The molecule has 1 aromatic rings. The number of carbonyl (C=O) groups excluding carboxylic acids is 3. The largest absolute Gasteiger partial charge is 0.468 e. The SMILES string of the molecule is COC(=O)C(C(C)=O)C(c1ccc([N+](=O)[O-])cc1)C(C#N)C(N)=O. The number of nitrogens with zero attached hydrogens (tertiary/aromatic N) is 2. The van der Waals surface area contributed by atoms with Crippen LogP contribution in [-0.2, 0) is 19.1 Å². The quantitative estimate of drug-likeness (QED) is 0.333. The lowest BCUT2D eigenvalue weighted by Crippen LogP contribution is -2.38. The Balaban J connectivity index is 3.50. The molecule has 24 heavy (non-hydrogen) atoms. The Morgan fingerprint density at radius 1 is 1.29 bits per heavy atom. The van der Waals surface area contributed by atoms with Crippen LogP contribution < -0.4 is 5.73 Å². The maximum absolute atomic E-state index is 12.0. The molecule has 0 saturated carbocycles. The predicted octanol–water partition coefficient (Wildman–Crippen LogP) is 0.682. The van der Waals surface area contributed by atoms with Gasteiger partial charge in [0.1, 0.15) is 17.6 Å². The number of rotatable bonds is 7. The summed E-state index contributed by atoms with van der Waals surface area (Å²) in [5.74, 6) is -6.69. The molecule has 0 aliphatic rings. The Hall–Kier alpha value is -3.28. The average Bonchev–Trinajstić information content (AvgIpc) is 2.53. The molecule has 9 heteroatoms. The smallest absolute Gasteiger partial charge is 0.316 e. The van der Waals surface area contributed by atoms with Crippen LogP contribution in [0.25, 0.3) is 0 Å². The Kier molecular flexibility index (Phi) is 6.12. The van der Waals surface area contributed by atoms with Crippen LogP contribution in [0.1, 0.15) is 18.4 Å². The summed E-state index contributed by atoms with van der Waals surface area (Å²) in [6, 6.07) is 6.52. The van der Waals surface area contributed by atoms with Crippen LogP contribution in [0.2, 0.25) is 0 Å². The lowest BCUT2D eigenvalue weighted by Gasteiger charge is -2.26. The van der Waals surface area contributed by atoms with E-state index < -0.39 is 40.3 Å². The summed E-state index contributed by atoms with van der Waals surface area (Å²) in [6.45, 7) is 1.12. The van der Waals surface area contributed by atoms with Crippen molar-refractivity contribution in [2.24, 2.45) is 17.6 Å². The minimum Gasteiger partial charge on any atom is -0.468 e. The van der Waals surface area contributed by atoms with Crippen LogP contribution in [0.15, 0.2) is 24.3 Å². The van der Waals surface area contributed by atoms with E-state index in [1.165, 1.54) is 12.1 Å². The second-order valence-electron chi connectivity index (χ2n) is 5.00. The van der Waals surface area contributed by atoms with E-state index in [9.17, 15) is 29.8 Å². The van der Waals surface area contributed by atoms with Gasteiger partial charge in [-0.2, -0.15) is 5.26 Å². The van der Waals surface area contributed by atoms with E-state index in [2.05, 4.69) is 4.74 Å². The van der Waals surface area contributed by atoms with Gasteiger partial charge in [0.25, 0.3) is 5.69 Å². The molecule has 0 radical (unpaired) electrons. The Bertz CT molecular complexity index is 707. The van der Waals surface area contributed by atoms with E-state index in [1.54, 1.807) is 6.07 Å². The number of Topliss-reactive ketones (excluding diaryl/α,β-unsaturated/α-hetero) is 1. The van der Waals surface area contributed by atoms with E-state index in [0.717, 1.165) is 26.2 Å². The van der Waals surface area contributed by atoms with Crippen molar-refractivity contribution in [2.45, 2.75) is 12.8 Å². The van der Waals surface area contributed by atoms with Gasteiger partial charge in [0.05, 0.1) is 18.1 Å². The van der Waals surface area contributed by atoms with Gasteiger partial charge >= 0.3 is 5.97 Å². The van der Waals surface area contributed by atoms with Gasteiger partial charge in [0.15, 0.2) is 0 Å². The van der Waals surface area contributed by atoms with E-state index in [-0.39, 0.29) is 11.3 Å². The van der Waals surface area contributed by atoms with Gasteiger partial charge in [-0.15, -0.1) is 0 Å². The number of non-ortho nitro benzene ring substituents is 1. The average molecular weight is 333 g/mol. The first kappa shape index (κ1) is 18.8. The van der Waals surface area contributed by atoms with Gasteiger partial charge in [-0.05, 0) is 12.5 Å². The zero-order valence-corrected chi connectivity index (χ0v) is 13.0. The molecule has 0 spiro atoms. The minimum absolute atomic E-state index is 0.219. The second-order valence-corrected chi connectivity index (χ2v) is 5.00. The number of esters is 1. The second kappa shape index (κ2) is 7.82. The molecule has 3 unspecified atom stereocenters. The van der Waals surface area contributed by atoms with Crippen molar-refractivity contribution in [2.75, 3.05) is 7.11 Å². The van der Waals surface area contributed by atoms with Crippen LogP contribution in [0.3, 0.4) is 0 Å². The summed E-state index contributed by atoms with van der Waals surface area (Å²) < 4.78 is 4.58. The molecule has 0 aliphatic carbocycles. The highest BCUT2D eigenvalue weighted by Gasteiger charge is 2.42. The number of primary amides is 1. The third kappa shape index (κ3) is 3.92. The molecule has 0 fully saturated rings. The van der Waals surface area contributed by atoms with Gasteiger partial charge in [-0.3, -0.25) is 24.5 Å². The number of nitro benzene ring substituents is 1. The molecule has 0 aromatic heterocycles. The molecule has 0 heterocycles. The lowest BCUT2D eigenvalue weighted by molar-refractivity contribution is -0.384. The summed E-state index contributed by atoms with van der Waals surface area (Å²) >= 11 is 0. The van der Waals surface area contributed by atoms with Crippen molar-refractivity contribution in [1.29, 1.82) is 5.26 Å². The highest BCUT2D eigenvalue weighted by molar-refractivity contribution is 5.99. The molecule has 1 amide bonds. The van der Waals surface area contributed by atoms with Gasteiger partial charge in [0.2, 0.25) is 5.91 Å². The van der Waals surface area contributed by atoms with Crippen molar-refractivity contribution in [3.8, 4) is 6.07 Å². The molecular weight excluding hydrogens is 318 g/mol. The summed E-state index contributed by atoms with van der Waals surface area (Å²) in [5.41, 5.74) is 5.21. The van der Waals surface area contributed by atoms with Crippen molar-refractivity contribution >= 4 is 23.3 Å². The fourth-order valence-corrected chi connectivity index (χ4v) is 2.41. The van der Waals surface area contributed by atoms with E-state index >= 15 is 0 Å². The van der Waals surface area contributed by atoms with Crippen molar-refractivity contribution in [1.82, 2.24) is 0 Å². The fourth-order valence-electron chi connectivity index (χ4n) is 2.41. The molecule has 1 aromatic carbocycles. The Labute approximate surface area is 137 Å². The molecule has 0 saturated heterocycles. The lowest BCUT2D eigenvalue weighted by atomic mass is 9.75. The number of carbonyl (C=O) groups is 3. The molecule has 9 nitrogen and oxygen atoms in total. The number of hydrogen-bond acceptors (Lipinski definition) is 7. The Morgan fingerprint density at radius 3 is 2.17 bits per heavy atom. The first-order valence-corrected chi connectivity index (χ1v) is 6.76. The van der Waals surface area contributed by atoms with Gasteiger partial charge in [-0.25, -0.2) is 0 Å². The van der Waals surface area contributed by atoms with Crippen molar-refractivity contribution < 1.29 is 24.0 Å². The fraction of sp³-hybridized carbons (Fsp3) is 0.333. The van der Waals surface area contributed by atoms with Crippen LogP contribution in [0.4, 0.5) is 5.69 Å². The third-order valence-electron chi connectivity index (χ3n) is 3.55. The van der Waals surface area contributed by atoms with E-state index in [4.69, 9.17) is 5.73 Å². The van der Waals surface area contributed by atoms with Crippen LogP contribution >= 0.6 is 0 Å². The molecular formula is C15H15N3O6. The summed E-state index contributed by atoms with van der Waals surface area (Å²) in [6.07, 6.45) is 0. The first-order chi connectivity index (χ1) is 11.2. The van der Waals surface area contributed by atoms with Gasteiger partial charge < -0.3 is 10.5 Å². The van der Waals surface area contributed by atoms with Gasteiger partial charge in [-0.1, -0.05) is 12.1 Å². The number of ketones is 1. The van der Waals surface area contributed by atoms with Crippen LogP contribution in [-0.4, -0.2) is 29.7 Å². The molecule has 3 atom stereocenters. The molecule has 0 aliphatic heterocycles. The standard InChI is InChI=1S/C15H15N3O6/c1-8(19)12(15(21)24-2)13(11(7-16)14(17)20)9-3-5-10(6-4-9)18(22)23/h3-6,11-13H,1-2H3,(H2,17,20). The number of methoxy groups -OCH3 is 1. The maximum Gasteiger partial charge on any atom is 0.316 e. The number of amides is 1. The maximum atomic E-state index is 12.0. The first-order valence-electron chi connectivity index (χ1n) is 6.76. The number of nitrogens with two attached hydrogens (primary N) is 1.